The Balaban J connectivity index is 2.29. The van der Waals surface area contributed by atoms with E-state index in [-0.39, 0.29) is 6.09 Å². The first-order valence-corrected chi connectivity index (χ1v) is 6.10. The molecule has 0 radical (unpaired) electrons. The van der Waals surface area contributed by atoms with Gasteiger partial charge in [0.2, 0.25) is 0 Å². The van der Waals surface area contributed by atoms with Crippen LogP contribution in [0.25, 0.3) is 0 Å². The van der Waals surface area contributed by atoms with Gasteiger partial charge < -0.3 is 4.74 Å². The first-order valence-electron chi connectivity index (χ1n) is 6.10. The Morgan fingerprint density at radius 2 is 2.00 bits per heavy atom. The number of nitrogens with zero attached hydrogens (tertiary/aromatic N) is 1. The van der Waals surface area contributed by atoms with E-state index >= 15 is 0 Å². The second-order valence-corrected chi connectivity index (χ2v) is 5.42. The second kappa shape index (κ2) is 4.44. The lowest BCUT2D eigenvalue weighted by atomic mass is 10.0. The van der Waals surface area contributed by atoms with E-state index in [4.69, 9.17) is 10.1 Å². The van der Waals surface area contributed by atoms with Crippen LogP contribution >= 0.6 is 0 Å². The van der Waals surface area contributed by atoms with E-state index in [0.29, 0.717) is 13.0 Å². The second-order valence-electron chi connectivity index (χ2n) is 5.42. The lowest BCUT2D eigenvalue weighted by Crippen LogP contribution is -2.48. The van der Waals surface area contributed by atoms with Crippen LogP contribution < -0.4 is 10.3 Å². The van der Waals surface area contributed by atoms with Crippen molar-refractivity contribution in [3.8, 4) is 0 Å². The average Bonchev–Trinajstić information content (AvgIpc) is 2.27. The van der Waals surface area contributed by atoms with E-state index in [1.165, 1.54) is 0 Å². The lowest BCUT2D eigenvalue weighted by Gasteiger charge is -2.30. The topological polar surface area (TPSA) is 55.1 Å². The molecule has 0 saturated heterocycles. The van der Waals surface area contributed by atoms with Crippen molar-refractivity contribution in [2.45, 2.75) is 32.8 Å². The Bertz CT molecular complexity index is 489. The van der Waals surface area contributed by atoms with Gasteiger partial charge in [0.05, 0.1) is 17.7 Å². The van der Waals surface area contributed by atoms with Gasteiger partial charge in [0.15, 0.2) is 5.71 Å². The Morgan fingerprint density at radius 1 is 1.33 bits per heavy atom. The van der Waals surface area contributed by atoms with Crippen molar-refractivity contribution in [2.24, 2.45) is 0 Å². The zero-order valence-electron chi connectivity index (χ0n) is 11.1. The predicted octanol–water partition coefficient (Wildman–Crippen LogP) is 1.38. The maximum absolute atomic E-state index is 12.1. The summed E-state index contributed by atoms with van der Waals surface area (Å²) in [5, 5.41) is 5.97. The average molecular weight is 247 g/mol. The van der Waals surface area contributed by atoms with Gasteiger partial charge in [-0.3, -0.25) is 10.3 Å². The van der Waals surface area contributed by atoms with Crippen molar-refractivity contribution in [1.82, 2.24) is 0 Å². The number of nitrogens with two attached hydrogens (primary N) is 1. The number of carbonyl (C=O) groups excluding carboxylic acids is 1. The molecular formula is C14H19N2O2+. The van der Waals surface area contributed by atoms with Gasteiger partial charge in [-0.25, -0.2) is 4.79 Å². The molecule has 0 spiro atoms. The van der Waals surface area contributed by atoms with Gasteiger partial charge in [-0.05, 0) is 32.9 Å². The maximum atomic E-state index is 12.1. The summed E-state index contributed by atoms with van der Waals surface area (Å²) in [6, 6.07) is 7.64. The Kier molecular flexibility index (Phi) is 3.11. The van der Waals surface area contributed by atoms with Crippen LogP contribution in [-0.2, 0) is 4.74 Å². The maximum Gasteiger partial charge on any atom is 0.414 e. The fourth-order valence-corrected chi connectivity index (χ4v) is 1.97. The van der Waals surface area contributed by atoms with Gasteiger partial charge in [-0.15, -0.1) is 0 Å². The van der Waals surface area contributed by atoms with Gasteiger partial charge >= 0.3 is 6.09 Å². The molecule has 1 heterocycles. The Hall–Kier alpha value is -1.84. The molecule has 1 amide bonds. The number of benzene rings is 1. The first kappa shape index (κ1) is 12.6. The molecule has 0 fully saturated rings. The van der Waals surface area contributed by atoms with Crippen LogP contribution in [0, 0.1) is 0 Å². The third kappa shape index (κ3) is 2.53. The van der Waals surface area contributed by atoms with Crippen molar-refractivity contribution in [2.75, 3.05) is 11.4 Å². The minimum atomic E-state index is -0.487. The van der Waals surface area contributed by atoms with Crippen molar-refractivity contribution in [1.29, 1.82) is 0 Å². The molecule has 18 heavy (non-hydrogen) atoms. The zero-order chi connectivity index (χ0) is 13.3. The SMILES string of the molecule is CC(C)(C)OC(=O)N1CCC(=[NH2+])c2ccccc21. The van der Waals surface area contributed by atoms with Gasteiger partial charge in [0.1, 0.15) is 5.60 Å². The summed E-state index contributed by atoms with van der Waals surface area (Å²) < 4.78 is 5.41. The van der Waals surface area contributed by atoms with Crippen LogP contribution in [0.5, 0.6) is 0 Å². The summed E-state index contributed by atoms with van der Waals surface area (Å²) in [7, 11) is 0. The fraction of sp³-hybridized carbons (Fsp3) is 0.429. The van der Waals surface area contributed by atoms with E-state index in [1.807, 2.05) is 45.0 Å². The molecule has 0 bridgehead atoms. The minimum Gasteiger partial charge on any atom is -0.443 e. The molecule has 0 aromatic heterocycles. The predicted molar refractivity (Wildman–Crippen MR) is 70.7 cm³/mol. The van der Waals surface area contributed by atoms with Crippen molar-refractivity contribution in [3.63, 3.8) is 0 Å². The molecular weight excluding hydrogens is 228 g/mol. The minimum absolute atomic E-state index is 0.317. The third-order valence-electron chi connectivity index (χ3n) is 2.76. The Morgan fingerprint density at radius 3 is 2.67 bits per heavy atom. The molecule has 0 saturated carbocycles. The smallest absolute Gasteiger partial charge is 0.414 e. The van der Waals surface area contributed by atoms with Crippen molar-refractivity contribution >= 4 is 17.5 Å². The molecule has 1 aliphatic rings. The van der Waals surface area contributed by atoms with Crippen LogP contribution in [0.15, 0.2) is 24.3 Å². The van der Waals surface area contributed by atoms with Crippen LogP contribution in [0.4, 0.5) is 10.5 Å². The van der Waals surface area contributed by atoms with Crippen LogP contribution in [0.2, 0.25) is 0 Å². The first-order chi connectivity index (χ1) is 8.38. The molecule has 0 atom stereocenters. The third-order valence-corrected chi connectivity index (χ3v) is 2.76. The number of hydrogen-bond acceptors (Lipinski definition) is 2. The molecule has 4 nitrogen and oxygen atoms in total. The fourth-order valence-electron chi connectivity index (χ4n) is 1.97. The summed E-state index contributed by atoms with van der Waals surface area (Å²) in [5.74, 6) is 0. The highest BCUT2D eigenvalue weighted by Gasteiger charge is 2.30. The molecule has 2 N–H and O–H groups in total. The highest BCUT2D eigenvalue weighted by Crippen LogP contribution is 2.27. The zero-order valence-corrected chi connectivity index (χ0v) is 11.1. The van der Waals surface area contributed by atoms with Crippen LogP contribution in [-0.4, -0.2) is 24.0 Å². The summed E-state index contributed by atoms with van der Waals surface area (Å²) in [5.41, 5.74) is 2.09. The van der Waals surface area contributed by atoms with E-state index in [2.05, 4.69) is 0 Å². The number of rotatable bonds is 0. The molecule has 1 aromatic rings. The largest absolute Gasteiger partial charge is 0.443 e. The van der Waals surface area contributed by atoms with Gasteiger partial charge in [-0.2, -0.15) is 0 Å². The van der Waals surface area contributed by atoms with E-state index in [9.17, 15) is 4.79 Å². The normalized spacial score (nSPS) is 15.3. The standard InChI is InChI=1S/C14H18N2O2/c1-14(2,3)18-13(17)16-9-8-11(15)10-6-4-5-7-12(10)16/h4-7,15H,8-9H2,1-3H3/p+1. The quantitative estimate of drug-likeness (QED) is 0.753. The molecule has 1 aliphatic heterocycles. The molecule has 1 aromatic carbocycles. The molecule has 0 aliphatic carbocycles. The van der Waals surface area contributed by atoms with E-state index in [1.54, 1.807) is 4.90 Å². The highest BCUT2D eigenvalue weighted by atomic mass is 16.6. The van der Waals surface area contributed by atoms with Crippen molar-refractivity contribution in [3.05, 3.63) is 29.8 Å². The van der Waals surface area contributed by atoms with Crippen molar-refractivity contribution < 1.29 is 14.9 Å². The number of ether oxygens (including phenoxy) is 1. The van der Waals surface area contributed by atoms with Crippen LogP contribution in [0.3, 0.4) is 0 Å². The Labute approximate surface area is 107 Å². The summed E-state index contributed by atoms with van der Waals surface area (Å²) in [6.45, 7) is 6.15. The van der Waals surface area contributed by atoms with E-state index < -0.39 is 5.60 Å². The molecule has 96 valence electrons. The molecule has 4 heteroatoms. The number of hydrogen-bond donors (Lipinski definition) is 1. The van der Waals surface area contributed by atoms with Crippen LogP contribution in [0.1, 0.15) is 32.8 Å². The van der Waals surface area contributed by atoms with E-state index in [0.717, 1.165) is 17.0 Å². The van der Waals surface area contributed by atoms with Gasteiger partial charge in [-0.1, -0.05) is 12.1 Å². The summed E-state index contributed by atoms with van der Waals surface area (Å²) >= 11 is 0. The molecule has 2 rings (SSSR count). The number of amides is 1. The highest BCUT2D eigenvalue weighted by molar-refractivity contribution is 6.07. The summed E-state index contributed by atoms with van der Waals surface area (Å²) in [6.07, 6.45) is 0.360. The number of fused-ring (bicyclic) bond motifs is 1. The van der Waals surface area contributed by atoms with Gasteiger partial charge in [0, 0.05) is 6.54 Å². The lowest BCUT2D eigenvalue weighted by molar-refractivity contribution is -0.115. The number of carbonyl (C=O) groups is 1. The monoisotopic (exact) mass is 247 g/mol. The summed E-state index contributed by atoms with van der Waals surface area (Å²) in [4.78, 5) is 13.8. The number of anilines is 1. The number of para-hydroxylation sites is 1. The van der Waals surface area contributed by atoms with Gasteiger partial charge in [0.25, 0.3) is 0 Å². The molecule has 0 unspecified atom stereocenters.